The fourth-order valence-electron chi connectivity index (χ4n) is 2.89. The Balaban J connectivity index is 1.90. The minimum atomic E-state index is -0.121. The third kappa shape index (κ3) is 3.67. The molecule has 1 N–H and O–H groups in total. The lowest BCUT2D eigenvalue weighted by Crippen LogP contribution is -2.19. The first-order chi connectivity index (χ1) is 11.9. The van der Waals surface area contributed by atoms with Gasteiger partial charge in [0.1, 0.15) is 0 Å². The first kappa shape index (κ1) is 17.8. The zero-order valence-corrected chi connectivity index (χ0v) is 16.3. The van der Waals surface area contributed by atoms with Gasteiger partial charge in [-0.2, -0.15) is 0 Å². The minimum absolute atomic E-state index is 0.121. The van der Waals surface area contributed by atoms with Crippen molar-refractivity contribution in [2.24, 2.45) is 4.99 Å². The Morgan fingerprint density at radius 1 is 1.28 bits per heavy atom. The molecule has 0 bridgehead atoms. The summed E-state index contributed by atoms with van der Waals surface area (Å²) in [5, 5.41) is 4.03. The smallest absolute Gasteiger partial charge is 0.264 e. The number of amidine groups is 1. The zero-order chi connectivity index (χ0) is 18.1. The van der Waals surface area contributed by atoms with Crippen molar-refractivity contribution in [2.75, 3.05) is 0 Å². The van der Waals surface area contributed by atoms with Crippen LogP contribution in [0, 0.1) is 20.8 Å². The monoisotopic (exact) mass is 373 g/mol. The molecule has 0 saturated carbocycles. The van der Waals surface area contributed by atoms with Gasteiger partial charge in [-0.1, -0.05) is 17.7 Å². The molecule has 25 heavy (non-hydrogen) atoms. The average Bonchev–Trinajstić information content (AvgIpc) is 3.03. The fourth-order valence-corrected chi connectivity index (χ4v) is 3.89. The van der Waals surface area contributed by atoms with Crippen LogP contribution in [0.3, 0.4) is 0 Å². The molecule has 1 amide bonds. The number of rotatable bonds is 3. The second-order valence-electron chi connectivity index (χ2n) is 5.98. The van der Waals surface area contributed by atoms with Gasteiger partial charge in [-0.3, -0.25) is 4.79 Å². The molecule has 0 radical (unpaired) electrons. The molecule has 4 nitrogen and oxygen atoms in total. The summed E-state index contributed by atoms with van der Waals surface area (Å²) in [5.74, 6) is -0.121. The van der Waals surface area contributed by atoms with Crippen molar-refractivity contribution >= 4 is 46.2 Å². The molecule has 2 heterocycles. The molecule has 2 aromatic rings. The van der Waals surface area contributed by atoms with Crippen LogP contribution in [0.4, 0.5) is 5.69 Å². The number of hydrogen-bond donors (Lipinski definition) is 1. The highest BCUT2D eigenvalue weighted by atomic mass is 35.5. The van der Waals surface area contributed by atoms with Crippen LogP contribution in [0.1, 0.15) is 29.4 Å². The Morgan fingerprint density at radius 3 is 2.72 bits per heavy atom. The SMILES string of the molecule is CCn1c(C)cc(/C=C2/SC(=Nc3cc(Cl)ccc3C)NC2=O)c1C. The Morgan fingerprint density at radius 2 is 2.04 bits per heavy atom. The number of nitrogens with one attached hydrogen (secondary N) is 1. The van der Waals surface area contributed by atoms with E-state index in [0.717, 1.165) is 29.1 Å². The van der Waals surface area contributed by atoms with E-state index in [-0.39, 0.29) is 5.91 Å². The second-order valence-corrected chi connectivity index (χ2v) is 7.45. The highest BCUT2D eigenvalue weighted by Crippen LogP contribution is 2.31. The third-order valence-electron chi connectivity index (χ3n) is 4.26. The van der Waals surface area contributed by atoms with Crippen LogP contribution in [0.25, 0.3) is 6.08 Å². The Bertz CT molecular complexity index is 912. The lowest BCUT2D eigenvalue weighted by Gasteiger charge is -2.04. The van der Waals surface area contributed by atoms with Gasteiger partial charge in [0, 0.05) is 23.0 Å². The van der Waals surface area contributed by atoms with Crippen molar-refractivity contribution < 1.29 is 4.79 Å². The number of aromatic nitrogens is 1. The standard InChI is InChI=1S/C19H20ClN3OS/c1-5-23-12(3)8-14(13(23)4)9-17-18(24)22-19(25-17)21-16-10-15(20)7-6-11(16)2/h6-10H,5H2,1-4H3,(H,21,22,24)/b17-9+. The molecule has 3 rings (SSSR count). The van der Waals surface area contributed by atoms with Gasteiger partial charge in [0.25, 0.3) is 5.91 Å². The summed E-state index contributed by atoms with van der Waals surface area (Å²) in [7, 11) is 0. The van der Waals surface area contributed by atoms with Crippen molar-refractivity contribution in [3.05, 3.63) is 56.7 Å². The maximum absolute atomic E-state index is 12.3. The number of thioether (sulfide) groups is 1. The first-order valence-corrected chi connectivity index (χ1v) is 9.31. The highest BCUT2D eigenvalue weighted by molar-refractivity contribution is 8.18. The van der Waals surface area contributed by atoms with Crippen LogP contribution in [-0.2, 0) is 11.3 Å². The minimum Gasteiger partial charge on any atom is -0.349 e. The third-order valence-corrected chi connectivity index (χ3v) is 5.40. The van der Waals surface area contributed by atoms with Crippen molar-refractivity contribution in [2.45, 2.75) is 34.2 Å². The van der Waals surface area contributed by atoms with Crippen LogP contribution < -0.4 is 5.32 Å². The lowest BCUT2D eigenvalue weighted by molar-refractivity contribution is -0.115. The van der Waals surface area contributed by atoms with Gasteiger partial charge in [-0.15, -0.1) is 0 Å². The van der Waals surface area contributed by atoms with Gasteiger partial charge >= 0.3 is 0 Å². The fraction of sp³-hybridized carbons (Fsp3) is 0.263. The molecule has 1 aromatic carbocycles. The quantitative estimate of drug-likeness (QED) is 0.771. The highest BCUT2D eigenvalue weighted by Gasteiger charge is 2.24. The molecular formula is C19H20ClN3OS. The maximum Gasteiger partial charge on any atom is 0.264 e. The summed E-state index contributed by atoms with van der Waals surface area (Å²) in [6, 6.07) is 7.65. The largest absolute Gasteiger partial charge is 0.349 e. The van der Waals surface area contributed by atoms with E-state index in [9.17, 15) is 4.79 Å². The van der Waals surface area contributed by atoms with Crippen LogP contribution in [0.15, 0.2) is 34.2 Å². The summed E-state index contributed by atoms with van der Waals surface area (Å²) in [4.78, 5) is 17.5. The summed E-state index contributed by atoms with van der Waals surface area (Å²) in [6.45, 7) is 9.15. The maximum atomic E-state index is 12.3. The topological polar surface area (TPSA) is 46.4 Å². The second kappa shape index (κ2) is 7.10. The molecular weight excluding hydrogens is 354 g/mol. The normalized spacial score (nSPS) is 17.6. The van der Waals surface area contributed by atoms with E-state index in [1.54, 1.807) is 6.07 Å². The van der Waals surface area contributed by atoms with Gasteiger partial charge < -0.3 is 9.88 Å². The van der Waals surface area contributed by atoms with Gasteiger partial charge in [0.2, 0.25) is 0 Å². The number of aliphatic imine (C=N–C) groups is 1. The van der Waals surface area contributed by atoms with E-state index >= 15 is 0 Å². The summed E-state index contributed by atoms with van der Waals surface area (Å²) in [6.07, 6.45) is 1.93. The molecule has 0 spiro atoms. The van der Waals surface area contributed by atoms with Gasteiger partial charge in [-0.25, -0.2) is 4.99 Å². The van der Waals surface area contributed by atoms with E-state index < -0.39 is 0 Å². The number of halogens is 1. The van der Waals surface area contributed by atoms with Crippen molar-refractivity contribution in [3.8, 4) is 0 Å². The lowest BCUT2D eigenvalue weighted by atomic mass is 10.2. The van der Waals surface area contributed by atoms with E-state index in [0.29, 0.717) is 15.1 Å². The molecule has 0 unspecified atom stereocenters. The molecule has 1 aliphatic rings. The molecule has 1 saturated heterocycles. The van der Waals surface area contributed by atoms with E-state index in [1.165, 1.54) is 17.5 Å². The van der Waals surface area contributed by atoms with E-state index in [4.69, 9.17) is 11.6 Å². The van der Waals surface area contributed by atoms with Gasteiger partial charge in [-0.05, 0) is 74.9 Å². The number of amides is 1. The van der Waals surface area contributed by atoms with Crippen molar-refractivity contribution in [1.82, 2.24) is 9.88 Å². The first-order valence-electron chi connectivity index (χ1n) is 8.11. The predicted molar refractivity (Wildman–Crippen MR) is 107 cm³/mol. The summed E-state index contributed by atoms with van der Waals surface area (Å²) >= 11 is 7.39. The number of nitrogens with zero attached hydrogens (tertiary/aromatic N) is 2. The van der Waals surface area contributed by atoms with Crippen LogP contribution in [0.2, 0.25) is 5.02 Å². The molecule has 1 aromatic heterocycles. The molecule has 1 fully saturated rings. The molecule has 6 heteroatoms. The number of carbonyl (C=O) groups is 1. The zero-order valence-electron chi connectivity index (χ0n) is 14.7. The van der Waals surface area contributed by atoms with Crippen LogP contribution in [-0.4, -0.2) is 15.6 Å². The van der Waals surface area contributed by atoms with Crippen LogP contribution in [0.5, 0.6) is 0 Å². The van der Waals surface area contributed by atoms with E-state index in [1.807, 2.05) is 25.1 Å². The molecule has 0 aliphatic carbocycles. The Kier molecular flexibility index (Phi) is 5.06. The Labute approximate surface area is 157 Å². The average molecular weight is 374 g/mol. The van der Waals surface area contributed by atoms with Gasteiger partial charge in [0.05, 0.1) is 10.6 Å². The van der Waals surface area contributed by atoms with Gasteiger partial charge in [0.15, 0.2) is 5.17 Å². The van der Waals surface area contributed by atoms with E-state index in [2.05, 4.69) is 41.7 Å². The van der Waals surface area contributed by atoms with Crippen molar-refractivity contribution in [1.29, 1.82) is 0 Å². The number of hydrogen-bond acceptors (Lipinski definition) is 3. The Hall–Kier alpha value is -1.98. The molecule has 1 aliphatic heterocycles. The van der Waals surface area contributed by atoms with Crippen molar-refractivity contribution in [3.63, 3.8) is 0 Å². The summed E-state index contributed by atoms with van der Waals surface area (Å²) in [5.41, 5.74) is 5.20. The predicted octanol–water partition coefficient (Wildman–Crippen LogP) is 4.98. The molecule has 130 valence electrons. The molecule has 0 atom stereocenters. The van der Waals surface area contributed by atoms with Crippen LogP contribution >= 0.6 is 23.4 Å². The number of carbonyl (C=O) groups excluding carboxylic acids is 1. The number of benzene rings is 1. The number of aryl methyl sites for hydroxylation is 2. The summed E-state index contributed by atoms with van der Waals surface area (Å²) < 4.78 is 2.23.